The van der Waals surface area contributed by atoms with Crippen molar-refractivity contribution in [1.29, 1.82) is 0 Å². The summed E-state index contributed by atoms with van der Waals surface area (Å²) in [5.41, 5.74) is 10.0. The Morgan fingerprint density at radius 3 is 2.83 bits per heavy atom. The van der Waals surface area contributed by atoms with Gasteiger partial charge >= 0.3 is 0 Å². The third-order valence-electron chi connectivity index (χ3n) is 3.64. The van der Waals surface area contributed by atoms with Crippen molar-refractivity contribution in [3.05, 3.63) is 29.3 Å². The normalized spacial score (nSPS) is 16.2. The van der Waals surface area contributed by atoms with Gasteiger partial charge in [-0.2, -0.15) is 0 Å². The number of likely N-dealkylation sites (N-methyl/N-ethyl adjacent to an activating group) is 1. The van der Waals surface area contributed by atoms with E-state index in [1.165, 1.54) is 16.8 Å². The fourth-order valence-corrected chi connectivity index (χ4v) is 2.52. The highest BCUT2D eigenvalue weighted by Gasteiger charge is 2.18. The molecule has 3 nitrogen and oxygen atoms in total. The second kappa shape index (κ2) is 5.72. The van der Waals surface area contributed by atoms with Gasteiger partial charge in [0, 0.05) is 31.9 Å². The van der Waals surface area contributed by atoms with Gasteiger partial charge in [0.15, 0.2) is 0 Å². The Balaban J connectivity index is 2.12. The summed E-state index contributed by atoms with van der Waals surface area (Å²) in [6.45, 7) is 7.24. The Kier molecular flexibility index (Phi) is 4.25. The standard InChI is InChI=1S/C15H25N3/c1-11(2)10-17-14(9-16)12-4-5-15-13(8-12)6-7-18(15)3/h4-5,8,11,14,17H,6-7,9-10,16H2,1-3H3. The fourth-order valence-electron chi connectivity index (χ4n) is 2.52. The predicted octanol–water partition coefficient (Wildman–Crippen LogP) is 1.92. The molecule has 0 fully saturated rings. The van der Waals surface area contributed by atoms with Crippen LogP contribution in [0.4, 0.5) is 5.69 Å². The maximum absolute atomic E-state index is 5.89. The van der Waals surface area contributed by atoms with E-state index in [1.54, 1.807) is 0 Å². The highest BCUT2D eigenvalue weighted by atomic mass is 15.1. The first kappa shape index (κ1) is 13.4. The van der Waals surface area contributed by atoms with Crippen molar-refractivity contribution in [3.63, 3.8) is 0 Å². The van der Waals surface area contributed by atoms with E-state index in [0.717, 1.165) is 19.5 Å². The number of hydrogen-bond acceptors (Lipinski definition) is 3. The van der Waals surface area contributed by atoms with Gasteiger partial charge in [-0.3, -0.25) is 0 Å². The molecule has 3 heteroatoms. The van der Waals surface area contributed by atoms with Gasteiger partial charge in [-0.15, -0.1) is 0 Å². The molecule has 2 rings (SSSR count). The summed E-state index contributed by atoms with van der Waals surface area (Å²) >= 11 is 0. The lowest BCUT2D eigenvalue weighted by atomic mass is 10.0. The maximum atomic E-state index is 5.89. The Bertz CT molecular complexity index is 401. The van der Waals surface area contributed by atoms with Crippen LogP contribution in [0.15, 0.2) is 18.2 Å². The van der Waals surface area contributed by atoms with Gasteiger partial charge in [-0.25, -0.2) is 0 Å². The zero-order chi connectivity index (χ0) is 13.1. The van der Waals surface area contributed by atoms with Crippen LogP contribution in [0, 0.1) is 5.92 Å². The molecule has 1 aliphatic heterocycles. The van der Waals surface area contributed by atoms with Crippen molar-refractivity contribution in [2.45, 2.75) is 26.3 Å². The number of rotatable bonds is 5. The van der Waals surface area contributed by atoms with E-state index in [0.29, 0.717) is 12.5 Å². The lowest BCUT2D eigenvalue weighted by molar-refractivity contribution is 0.479. The summed E-state index contributed by atoms with van der Waals surface area (Å²) in [5, 5.41) is 3.55. The molecule has 1 unspecified atom stereocenters. The van der Waals surface area contributed by atoms with E-state index in [-0.39, 0.29) is 6.04 Å². The molecule has 3 N–H and O–H groups in total. The van der Waals surface area contributed by atoms with Gasteiger partial charge in [0.25, 0.3) is 0 Å². The van der Waals surface area contributed by atoms with Gasteiger partial charge < -0.3 is 16.0 Å². The van der Waals surface area contributed by atoms with Crippen molar-refractivity contribution in [1.82, 2.24) is 5.32 Å². The van der Waals surface area contributed by atoms with E-state index in [2.05, 4.69) is 49.3 Å². The van der Waals surface area contributed by atoms with Crippen molar-refractivity contribution in [2.75, 3.05) is 31.6 Å². The Morgan fingerprint density at radius 2 is 2.17 bits per heavy atom. The smallest absolute Gasteiger partial charge is 0.0444 e. The number of nitrogens with two attached hydrogens (primary N) is 1. The third kappa shape index (κ3) is 2.85. The van der Waals surface area contributed by atoms with Crippen LogP contribution in [0.1, 0.15) is 31.0 Å². The first-order valence-corrected chi connectivity index (χ1v) is 6.89. The van der Waals surface area contributed by atoms with Gasteiger partial charge in [-0.1, -0.05) is 26.0 Å². The summed E-state index contributed by atoms with van der Waals surface area (Å²) in [6.07, 6.45) is 1.15. The second-order valence-electron chi connectivity index (χ2n) is 5.65. The molecule has 100 valence electrons. The average Bonchev–Trinajstić information content (AvgIpc) is 2.71. The fraction of sp³-hybridized carbons (Fsp3) is 0.600. The molecule has 0 amide bonds. The van der Waals surface area contributed by atoms with Crippen LogP contribution in [0.5, 0.6) is 0 Å². The molecule has 18 heavy (non-hydrogen) atoms. The van der Waals surface area contributed by atoms with Gasteiger partial charge in [0.05, 0.1) is 0 Å². The topological polar surface area (TPSA) is 41.3 Å². The highest BCUT2D eigenvalue weighted by molar-refractivity contribution is 5.58. The van der Waals surface area contributed by atoms with E-state index in [4.69, 9.17) is 5.73 Å². The molecule has 0 spiro atoms. The van der Waals surface area contributed by atoms with Crippen LogP contribution in [-0.2, 0) is 6.42 Å². The Hall–Kier alpha value is -1.06. The molecule has 1 aromatic carbocycles. The molecule has 0 bridgehead atoms. The van der Waals surface area contributed by atoms with Crippen LogP contribution in [-0.4, -0.2) is 26.7 Å². The van der Waals surface area contributed by atoms with Crippen molar-refractivity contribution in [2.24, 2.45) is 11.7 Å². The van der Waals surface area contributed by atoms with Crippen molar-refractivity contribution in [3.8, 4) is 0 Å². The van der Waals surface area contributed by atoms with Crippen LogP contribution < -0.4 is 16.0 Å². The summed E-state index contributed by atoms with van der Waals surface area (Å²) < 4.78 is 0. The van der Waals surface area contributed by atoms with E-state index < -0.39 is 0 Å². The molecular formula is C15H25N3. The number of anilines is 1. The van der Waals surface area contributed by atoms with Crippen LogP contribution in [0.2, 0.25) is 0 Å². The minimum atomic E-state index is 0.281. The molecule has 1 aliphatic rings. The number of nitrogens with one attached hydrogen (secondary N) is 1. The lowest BCUT2D eigenvalue weighted by Gasteiger charge is -2.20. The first-order chi connectivity index (χ1) is 8.61. The van der Waals surface area contributed by atoms with E-state index >= 15 is 0 Å². The summed E-state index contributed by atoms with van der Waals surface area (Å²) in [4.78, 5) is 2.32. The quantitative estimate of drug-likeness (QED) is 0.835. The third-order valence-corrected chi connectivity index (χ3v) is 3.64. The molecule has 0 aliphatic carbocycles. The summed E-state index contributed by atoms with van der Waals surface area (Å²) in [6, 6.07) is 7.05. The molecule has 1 heterocycles. The monoisotopic (exact) mass is 247 g/mol. The SMILES string of the molecule is CC(C)CNC(CN)c1ccc2c(c1)CCN2C. The maximum Gasteiger partial charge on any atom is 0.0444 e. The Labute approximate surface area is 110 Å². The number of fused-ring (bicyclic) bond motifs is 1. The van der Waals surface area contributed by atoms with Gasteiger partial charge in [-0.05, 0) is 36.1 Å². The number of hydrogen-bond donors (Lipinski definition) is 2. The minimum Gasteiger partial charge on any atom is -0.374 e. The van der Waals surface area contributed by atoms with Gasteiger partial charge in [0.1, 0.15) is 0 Å². The predicted molar refractivity (Wildman–Crippen MR) is 78.1 cm³/mol. The van der Waals surface area contributed by atoms with Crippen molar-refractivity contribution < 1.29 is 0 Å². The van der Waals surface area contributed by atoms with Crippen LogP contribution >= 0.6 is 0 Å². The molecule has 0 saturated carbocycles. The molecule has 0 aromatic heterocycles. The largest absolute Gasteiger partial charge is 0.374 e. The van der Waals surface area contributed by atoms with Crippen LogP contribution in [0.25, 0.3) is 0 Å². The second-order valence-corrected chi connectivity index (χ2v) is 5.65. The minimum absolute atomic E-state index is 0.281. The molecule has 1 atom stereocenters. The van der Waals surface area contributed by atoms with E-state index in [9.17, 15) is 0 Å². The highest BCUT2D eigenvalue weighted by Crippen LogP contribution is 2.29. The van der Waals surface area contributed by atoms with Crippen LogP contribution in [0.3, 0.4) is 0 Å². The zero-order valence-corrected chi connectivity index (χ0v) is 11.7. The summed E-state index contributed by atoms with van der Waals surface area (Å²) in [5.74, 6) is 0.652. The molecule has 0 radical (unpaired) electrons. The van der Waals surface area contributed by atoms with E-state index in [1.807, 2.05) is 0 Å². The average molecular weight is 247 g/mol. The summed E-state index contributed by atoms with van der Waals surface area (Å²) in [7, 11) is 2.16. The number of nitrogens with zero attached hydrogens (tertiary/aromatic N) is 1. The zero-order valence-electron chi connectivity index (χ0n) is 11.7. The Morgan fingerprint density at radius 1 is 1.39 bits per heavy atom. The van der Waals surface area contributed by atoms with Crippen molar-refractivity contribution >= 4 is 5.69 Å². The molecule has 0 saturated heterocycles. The number of benzene rings is 1. The first-order valence-electron chi connectivity index (χ1n) is 6.89. The molecular weight excluding hydrogens is 222 g/mol. The molecule has 1 aromatic rings. The van der Waals surface area contributed by atoms with Gasteiger partial charge in [0.2, 0.25) is 0 Å². The lowest BCUT2D eigenvalue weighted by Crippen LogP contribution is -2.31.